The molecule has 2 nitrogen and oxygen atoms in total. The van der Waals surface area contributed by atoms with Crippen LogP contribution in [-0.2, 0) is 5.41 Å². The van der Waals surface area contributed by atoms with Crippen molar-refractivity contribution in [1.29, 1.82) is 0 Å². The zero-order valence-corrected chi connectivity index (χ0v) is 23.9. The van der Waals surface area contributed by atoms with Crippen LogP contribution in [0.1, 0.15) is 26.3 Å². The molecule has 0 saturated heterocycles. The summed E-state index contributed by atoms with van der Waals surface area (Å²) in [6.45, 7) is 6.87. The van der Waals surface area contributed by atoms with Gasteiger partial charge >= 0.3 is 0 Å². The molecule has 42 heavy (non-hydrogen) atoms. The van der Waals surface area contributed by atoms with Gasteiger partial charge < -0.3 is 9.47 Å². The molecule has 1 heterocycles. The van der Waals surface area contributed by atoms with Crippen LogP contribution in [0.25, 0.3) is 55.6 Å². The Morgan fingerprint density at radius 2 is 0.762 bits per heavy atom. The first kappa shape index (κ1) is 24.7. The Hall–Kier alpha value is -5.08. The van der Waals surface area contributed by atoms with Gasteiger partial charge in [0.15, 0.2) is 23.0 Å². The molecule has 6 aromatic rings. The van der Waals surface area contributed by atoms with Crippen molar-refractivity contribution in [3.05, 3.63) is 133 Å². The Morgan fingerprint density at radius 3 is 1.29 bits per heavy atom. The summed E-state index contributed by atoms with van der Waals surface area (Å²) < 4.78 is 12.9. The van der Waals surface area contributed by atoms with Crippen LogP contribution < -0.4 is 9.47 Å². The lowest BCUT2D eigenvalue weighted by atomic mass is 9.75. The monoisotopic (exact) mass is 542 g/mol. The summed E-state index contributed by atoms with van der Waals surface area (Å²) in [5, 5.41) is 0. The molecule has 0 spiro atoms. The fraction of sp³-hybridized carbons (Fsp3) is 0.100. The van der Waals surface area contributed by atoms with Crippen molar-refractivity contribution in [1.82, 2.24) is 0 Å². The quantitative estimate of drug-likeness (QED) is 0.205. The van der Waals surface area contributed by atoms with Crippen LogP contribution >= 0.6 is 0 Å². The highest BCUT2D eigenvalue weighted by atomic mass is 16.6. The summed E-state index contributed by atoms with van der Waals surface area (Å²) in [5.74, 6) is 2.96. The van der Waals surface area contributed by atoms with Crippen LogP contribution in [0.5, 0.6) is 23.0 Å². The van der Waals surface area contributed by atoms with E-state index < -0.39 is 0 Å². The number of ether oxygens (including phenoxy) is 2. The van der Waals surface area contributed by atoms with Gasteiger partial charge in [0.1, 0.15) is 0 Å². The Balaban J connectivity index is 1.46. The van der Waals surface area contributed by atoms with Crippen molar-refractivity contribution in [2.45, 2.75) is 26.2 Å². The van der Waals surface area contributed by atoms with E-state index in [-0.39, 0.29) is 5.41 Å². The standard InChI is InChI=1S/C40H30O2/c1-40(2,3)35-24-33-30-18-9-7-16-28(30)26-14-5-4-13-25(26)27-15-6-8-17-29(27)32(33)23-34(35)31-19-12-22-38-39(31)42-37-21-11-10-20-36(37)41-38/h4-24H,1-3H3. The number of hydrogen-bond donors (Lipinski definition) is 0. The van der Waals surface area contributed by atoms with Gasteiger partial charge in [0.05, 0.1) is 0 Å². The molecule has 0 bridgehead atoms. The molecule has 0 atom stereocenters. The van der Waals surface area contributed by atoms with E-state index in [0.29, 0.717) is 0 Å². The number of rotatable bonds is 1. The van der Waals surface area contributed by atoms with E-state index in [1.165, 1.54) is 50.1 Å². The molecule has 1 aliphatic carbocycles. The predicted octanol–water partition coefficient (Wildman–Crippen LogP) is 11.5. The molecule has 0 N–H and O–H groups in total. The molecule has 202 valence electrons. The van der Waals surface area contributed by atoms with E-state index in [1.54, 1.807) is 0 Å². The third-order valence-electron chi connectivity index (χ3n) is 8.46. The summed E-state index contributed by atoms with van der Waals surface area (Å²) in [6.07, 6.45) is 0. The minimum absolute atomic E-state index is 0.130. The Morgan fingerprint density at radius 1 is 0.357 bits per heavy atom. The molecule has 0 amide bonds. The fourth-order valence-electron chi connectivity index (χ4n) is 6.51. The summed E-state index contributed by atoms with van der Waals surface area (Å²) in [6, 6.07) is 45.3. The van der Waals surface area contributed by atoms with Crippen LogP contribution in [0, 0.1) is 0 Å². The first-order valence-electron chi connectivity index (χ1n) is 14.5. The van der Waals surface area contributed by atoms with E-state index in [4.69, 9.17) is 9.47 Å². The van der Waals surface area contributed by atoms with Gasteiger partial charge in [-0.3, -0.25) is 0 Å². The Kier molecular flexibility index (Phi) is 5.42. The summed E-state index contributed by atoms with van der Waals surface area (Å²) in [7, 11) is 0. The van der Waals surface area contributed by atoms with Crippen molar-refractivity contribution in [2.75, 3.05) is 0 Å². The zero-order valence-electron chi connectivity index (χ0n) is 23.9. The van der Waals surface area contributed by atoms with Crippen LogP contribution in [0.15, 0.2) is 127 Å². The third-order valence-corrected chi connectivity index (χ3v) is 8.46. The maximum Gasteiger partial charge on any atom is 0.177 e. The number of benzene rings is 6. The average molecular weight is 543 g/mol. The average Bonchev–Trinajstić information content (AvgIpc) is 3.02. The van der Waals surface area contributed by atoms with Crippen molar-refractivity contribution in [2.24, 2.45) is 0 Å². The predicted molar refractivity (Wildman–Crippen MR) is 172 cm³/mol. The van der Waals surface area contributed by atoms with E-state index >= 15 is 0 Å². The highest BCUT2D eigenvalue weighted by molar-refractivity contribution is 6.04. The van der Waals surface area contributed by atoms with Gasteiger partial charge in [-0.05, 0) is 91.4 Å². The van der Waals surface area contributed by atoms with Crippen molar-refractivity contribution >= 4 is 0 Å². The van der Waals surface area contributed by atoms with Gasteiger partial charge in [-0.2, -0.15) is 0 Å². The molecule has 0 saturated carbocycles. The smallest absolute Gasteiger partial charge is 0.177 e. The van der Waals surface area contributed by atoms with Gasteiger partial charge in [0.25, 0.3) is 0 Å². The maximum atomic E-state index is 6.57. The van der Waals surface area contributed by atoms with Crippen LogP contribution in [0.3, 0.4) is 0 Å². The zero-order chi connectivity index (χ0) is 28.4. The lowest BCUT2D eigenvalue weighted by Gasteiger charge is -2.30. The van der Waals surface area contributed by atoms with Crippen LogP contribution in [0.4, 0.5) is 0 Å². The second-order valence-electron chi connectivity index (χ2n) is 12.1. The lowest BCUT2D eigenvalue weighted by molar-refractivity contribution is 0.360. The van der Waals surface area contributed by atoms with Crippen molar-refractivity contribution in [3.63, 3.8) is 0 Å². The molecule has 0 radical (unpaired) electrons. The Labute approximate surface area is 246 Å². The second kappa shape index (κ2) is 9.22. The first-order chi connectivity index (χ1) is 20.5. The summed E-state index contributed by atoms with van der Waals surface area (Å²) >= 11 is 0. The van der Waals surface area contributed by atoms with E-state index in [2.05, 4.69) is 118 Å². The van der Waals surface area contributed by atoms with Crippen molar-refractivity contribution in [3.8, 4) is 78.6 Å². The lowest BCUT2D eigenvalue weighted by Crippen LogP contribution is -2.14. The second-order valence-corrected chi connectivity index (χ2v) is 12.1. The SMILES string of the molecule is CC(C)(C)c1cc2c(cc1-c1cccc3c1Oc1ccccc1O3)-c1ccccc1-c1ccccc1-c1ccccc1-2. The number of para-hydroxylation sites is 3. The molecule has 0 fully saturated rings. The molecular weight excluding hydrogens is 512 g/mol. The maximum absolute atomic E-state index is 6.57. The largest absolute Gasteiger partial charge is 0.449 e. The number of fused-ring (bicyclic) bond motifs is 10. The van der Waals surface area contributed by atoms with Crippen LogP contribution in [-0.4, -0.2) is 0 Å². The third kappa shape index (κ3) is 3.79. The molecule has 0 aromatic heterocycles. The molecule has 6 aromatic carbocycles. The first-order valence-corrected chi connectivity index (χ1v) is 14.5. The number of hydrogen-bond acceptors (Lipinski definition) is 2. The van der Waals surface area contributed by atoms with Gasteiger partial charge in [0.2, 0.25) is 0 Å². The summed E-state index contributed by atoms with van der Waals surface area (Å²) in [4.78, 5) is 0. The molecule has 0 unspecified atom stereocenters. The van der Waals surface area contributed by atoms with E-state index in [1.807, 2.05) is 30.3 Å². The van der Waals surface area contributed by atoms with Gasteiger partial charge in [-0.15, -0.1) is 0 Å². The fourth-order valence-corrected chi connectivity index (χ4v) is 6.51. The topological polar surface area (TPSA) is 18.5 Å². The van der Waals surface area contributed by atoms with Crippen molar-refractivity contribution < 1.29 is 9.47 Å². The molecule has 2 heteroatoms. The minimum atomic E-state index is -0.130. The molecule has 2 aliphatic rings. The summed E-state index contributed by atoms with van der Waals surface area (Å²) in [5.41, 5.74) is 13.2. The minimum Gasteiger partial charge on any atom is -0.449 e. The van der Waals surface area contributed by atoms with E-state index in [0.717, 1.165) is 34.1 Å². The molecular formula is C40H30O2. The normalized spacial score (nSPS) is 12.5. The van der Waals surface area contributed by atoms with E-state index in [9.17, 15) is 0 Å². The van der Waals surface area contributed by atoms with Gasteiger partial charge in [-0.1, -0.05) is 118 Å². The Bertz CT molecular complexity index is 2030. The molecule has 1 aliphatic heterocycles. The van der Waals surface area contributed by atoms with Gasteiger partial charge in [-0.25, -0.2) is 0 Å². The highest BCUT2D eigenvalue weighted by Crippen LogP contribution is 2.54. The molecule has 8 rings (SSSR count). The van der Waals surface area contributed by atoms with Gasteiger partial charge in [0, 0.05) is 5.56 Å². The van der Waals surface area contributed by atoms with Crippen LogP contribution in [0.2, 0.25) is 0 Å². The highest BCUT2D eigenvalue weighted by Gasteiger charge is 2.29.